The minimum absolute atomic E-state index is 0.289. The molecule has 5 heteroatoms. The molecule has 0 aliphatic carbocycles. The number of hydrogen-bond acceptors (Lipinski definition) is 3. The molecule has 4 nitrogen and oxygen atoms in total. The fraction of sp³-hybridized carbons (Fsp3) is 0.214. The van der Waals surface area contributed by atoms with Gasteiger partial charge in [0.1, 0.15) is 5.82 Å². The minimum atomic E-state index is -0.810. The molecule has 0 N–H and O–H groups in total. The van der Waals surface area contributed by atoms with Gasteiger partial charge in [0.25, 0.3) is 0 Å². The molecule has 2 aromatic rings. The van der Waals surface area contributed by atoms with Crippen molar-refractivity contribution in [2.75, 3.05) is 0 Å². The highest BCUT2D eigenvalue weighted by Gasteiger charge is 2.24. The first-order valence-corrected chi connectivity index (χ1v) is 5.81. The molecule has 1 atom stereocenters. The van der Waals surface area contributed by atoms with Crippen LogP contribution >= 0.6 is 0 Å². The zero-order chi connectivity index (χ0) is 14.0. The summed E-state index contributed by atoms with van der Waals surface area (Å²) in [5.41, 5.74) is 0.719. The molecule has 0 bridgehead atoms. The number of rotatable bonds is 4. The molecule has 98 valence electrons. The van der Waals surface area contributed by atoms with Gasteiger partial charge >= 0.3 is 0 Å². The SMILES string of the molecule is CC(C(=O)c1ccc(F)cc1)C(=O)c1cnn(C)c1. The van der Waals surface area contributed by atoms with E-state index in [1.807, 2.05) is 0 Å². The molecular formula is C14H13FN2O2. The first-order chi connectivity index (χ1) is 8.99. The van der Waals surface area contributed by atoms with Crippen molar-refractivity contribution in [2.24, 2.45) is 13.0 Å². The summed E-state index contributed by atoms with van der Waals surface area (Å²) >= 11 is 0. The number of ketones is 2. The van der Waals surface area contributed by atoms with Gasteiger partial charge in [-0.25, -0.2) is 4.39 Å². The van der Waals surface area contributed by atoms with Gasteiger partial charge in [-0.2, -0.15) is 5.10 Å². The third-order valence-electron chi connectivity index (χ3n) is 2.90. The third kappa shape index (κ3) is 2.76. The second-order valence-electron chi connectivity index (χ2n) is 4.36. The number of benzene rings is 1. The van der Waals surface area contributed by atoms with Crippen molar-refractivity contribution >= 4 is 11.6 Å². The van der Waals surface area contributed by atoms with Crippen LogP contribution in [0.2, 0.25) is 0 Å². The van der Waals surface area contributed by atoms with Crippen LogP contribution in [0.25, 0.3) is 0 Å². The molecule has 19 heavy (non-hydrogen) atoms. The topological polar surface area (TPSA) is 52.0 Å². The minimum Gasteiger partial charge on any atom is -0.293 e. The third-order valence-corrected chi connectivity index (χ3v) is 2.90. The number of carbonyl (C=O) groups excluding carboxylic acids is 2. The molecular weight excluding hydrogens is 247 g/mol. The van der Waals surface area contributed by atoms with Gasteiger partial charge in [-0.3, -0.25) is 14.3 Å². The maximum atomic E-state index is 12.8. The van der Waals surface area contributed by atoms with E-state index in [-0.39, 0.29) is 11.6 Å². The van der Waals surface area contributed by atoms with Gasteiger partial charge in [-0.15, -0.1) is 0 Å². The highest BCUT2D eigenvalue weighted by molar-refractivity contribution is 6.15. The molecule has 0 spiro atoms. The zero-order valence-corrected chi connectivity index (χ0v) is 10.6. The Morgan fingerprint density at radius 3 is 2.26 bits per heavy atom. The van der Waals surface area contributed by atoms with Crippen LogP contribution in [0.1, 0.15) is 27.6 Å². The van der Waals surface area contributed by atoms with Crippen molar-refractivity contribution in [3.05, 3.63) is 53.6 Å². The predicted octanol–water partition coefficient (Wildman–Crippen LogP) is 2.26. The second kappa shape index (κ2) is 5.14. The van der Waals surface area contributed by atoms with Gasteiger partial charge in [0.2, 0.25) is 0 Å². The average molecular weight is 260 g/mol. The van der Waals surface area contributed by atoms with Crippen LogP contribution < -0.4 is 0 Å². The number of halogens is 1. The summed E-state index contributed by atoms with van der Waals surface area (Å²) in [5.74, 6) is -1.84. The molecule has 0 fully saturated rings. The molecule has 0 radical (unpaired) electrons. The fourth-order valence-corrected chi connectivity index (χ4v) is 1.78. The zero-order valence-electron chi connectivity index (χ0n) is 10.6. The Bertz CT molecular complexity index is 617. The molecule has 0 amide bonds. The summed E-state index contributed by atoms with van der Waals surface area (Å²) < 4.78 is 14.3. The molecule has 0 saturated heterocycles. The Balaban J connectivity index is 2.19. The Morgan fingerprint density at radius 1 is 1.16 bits per heavy atom. The summed E-state index contributed by atoms with van der Waals surface area (Å²) in [6, 6.07) is 5.17. The predicted molar refractivity (Wildman–Crippen MR) is 67.4 cm³/mol. The summed E-state index contributed by atoms with van der Waals surface area (Å²) in [6.45, 7) is 1.54. The first kappa shape index (κ1) is 13.1. The maximum absolute atomic E-state index is 12.8. The van der Waals surface area contributed by atoms with Crippen LogP contribution in [-0.2, 0) is 7.05 Å². The Kier molecular flexibility index (Phi) is 3.55. The maximum Gasteiger partial charge on any atom is 0.176 e. The van der Waals surface area contributed by atoms with Gasteiger partial charge in [-0.05, 0) is 31.2 Å². The summed E-state index contributed by atoms with van der Waals surface area (Å²) in [7, 11) is 1.70. The highest BCUT2D eigenvalue weighted by atomic mass is 19.1. The lowest BCUT2D eigenvalue weighted by molar-refractivity contribution is 0.0820. The van der Waals surface area contributed by atoms with Crippen molar-refractivity contribution < 1.29 is 14.0 Å². The summed E-state index contributed by atoms with van der Waals surface area (Å²) in [5, 5.41) is 3.90. The van der Waals surface area contributed by atoms with Gasteiger partial charge in [-0.1, -0.05) is 0 Å². The van der Waals surface area contributed by atoms with E-state index < -0.39 is 11.7 Å². The van der Waals surface area contributed by atoms with Gasteiger partial charge in [0, 0.05) is 18.8 Å². The number of carbonyl (C=O) groups is 2. The van der Waals surface area contributed by atoms with Crippen molar-refractivity contribution in [3.8, 4) is 0 Å². The molecule has 0 aliphatic rings. The van der Waals surface area contributed by atoms with Crippen LogP contribution in [0.4, 0.5) is 4.39 Å². The lowest BCUT2D eigenvalue weighted by atomic mass is 9.93. The second-order valence-corrected chi connectivity index (χ2v) is 4.36. The monoisotopic (exact) mass is 260 g/mol. The molecule has 0 aliphatic heterocycles. The normalized spacial score (nSPS) is 12.2. The number of Topliss-reactive ketones (excluding diaryl/α,β-unsaturated/α-hetero) is 2. The van der Waals surface area contributed by atoms with Gasteiger partial charge in [0.15, 0.2) is 11.6 Å². The number of hydrogen-bond donors (Lipinski definition) is 0. The Hall–Kier alpha value is -2.30. The van der Waals surface area contributed by atoms with E-state index in [0.717, 1.165) is 0 Å². The average Bonchev–Trinajstić information content (AvgIpc) is 2.84. The molecule has 1 aromatic carbocycles. The summed E-state index contributed by atoms with van der Waals surface area (Å²) in [6.07, 6.45) is 2.99. The van der Waals surface area contributed by atoms with E-state index in [1.54, 1.807) is 20.2 Å². The van der Waals surface area contributed by atoms with Crippen molar-refractivity contribution in [2.45, 2.75) is 6.92 Å². The van der Waals surface area contributed by atoms with E-state index in [1.165, 1.54) is 35.1 Å². The van der Waals surface area contributed by atoms with E-state index in [0.29, 0.717) is 11.1 Å². The number of aromatic nitrogens is 2. The van der Waals surface area contributed by atoms with E-state index >= 15 is 0 Å². The largest absolute Gasteiger partial charge is 0.293 e. The lowest BCUT2D eigenvalue weighted by Gasteiger charge is -2.08. The lowest BCUT2D eigenvalue weighted by Crippen LogP contribution is -2.21. The fourth-order valence-electron chi connectivity index (χ4n) is 1.78. The van der Waals surface area contributed by atoms with Crippen molar-refractivity contribution in [3.63, 3.8) is 0 Å². The number of nitrogens with zero attached hydrogens (tertiary/aromatic N) is 2. The van der Waals surface area contributed by atoms with E-state index in [4.69, 9.17) is 0 Å². The Labute approximate surface area is 109 Å². The molecule has 2 rings (SSSR count). The van der Waals surface area contributed by atoms with Crippen molar-refractivity contribution in [1.82, 2.24) is 9.78 Å². The van der Waals surface area contributed by atoms with E-state index in [9.17, 15) is 14.0 Å². The van der Waals surface area contributed by atoms with Crippen LogP contribution in [0, 0.1) is 11.7 Å². The molecule has 1 aromatic heterocycles. The Morgan fingerprint density at radius 2 is 1.74 bits per heavy atom. The van der Waals surface area contributed by atoms with Crippen LogP contribution in [0.15, 0.2) is 36.7 Å². The first-order valence-electron chi connectivity index (χ1n) is 5.81. The van der Waals surface area contributed by atoms with Crippen LogP contribution in [-0.4, -0.2) is 21.3 Å². The molecule has 0 saturated carbocycles. The highest BCUT2D eigenvalue weighted by Crippen LogP contribution is 2.15. The quantitative estimate of drug-likeness (QED) is 0.626. The van der Waals surface area contributed by atoms with E-state index in [2.05, 4.69) is 5.10 Å². The van der Waals surface area contributed by atoms with Gasteiger partial charge < -0.3 is 0 Å². The van der Waals surface area contributed by atoms with Crippen molar-refractivity contribution in [1.29, 1.82) is 0 Å². The smallest absolute Gasteiger partial charge is 0.176 e. The number of aryl methyl sites for hydroxylation is 1. The van der Waals surface area contributed by atoms with Crippen LogP contribution in [0.5, 0.6) is 0 Å². The summed E-state index contributed by atoms with van der Waals surface area (Å²) in [4.78, 5) is 24.2. The molecule has 1 unspecified atom stereocenters. The standard InChI is InChI=1S/C14H13FN2O2/c1-9(14(19)11-7-16-17(2)8-11)13(18)10-3-5-12(15)6-4-10/h3-9H,1-2H3. The van der Waals surface area contributed by atoms with Crippen LogP contribution in [0.3, 0.4) is 0 Å². The van der Waals surface area contributed by atoms with Gasteiger partial charge in [0.05, 0.1) is 17.7 Å². The molecule has 1 heterocycles.